The minimum absolute atomic E-state index is 0.749. The quantitative estimate of drug-likeness (QED) is 0.864. The zero-order valence-corrected chi connectivity index (χ0v) is 10.6. The van der Waals surface area contributed by atoms with Crippen LogP contribution in [0.1, 0.15) is 11.5 Å². The van der Waals surface area contributed by atoms with Crippen molar-refractivity contribution in [2.45, 2.75) is 12.3 Å². The zero-order valence-electron chi connectivity index (χ0n) is 8.18. The molecule has 0 atom stereocenters. The molecule has 0 saturated heterocycles. The first kappa shape index (κ1) is 11.9. The maximum absolute atomic E-state index is 5.58. The van der Waals surface area contributed by atoms with Crippen molar-refractivity contribution in [2.24, 2.45) is 0 Å². The van der Waals surface area contributed by atoms with Crippen LogP contribution in [-0.4, -0.2) is 12.8 Å². The molecule has 0 bridgehead atoms. The van der Waals surface area contributed by atoms with Gasteiger partial charge in [0.2, 0.25) is 0 Å². The van der Waals surface area contributed by atoms with Gasteiger partial charge in [-0.25, -0.2) is 0 Å². The number of hydrogen-bond donors (Lipinski definition) is 1. The van der Waals surface area contributed by atoms with E-state index in [0.717, 1.165) is 34.8 Å². The molecule has 0 fully saturated rings. The molecule has 0 saturated carbocycles. The van der Waals surface area contributed by atoms with Gasteiger partial charge in [-0.3, -0.25) is 0 Å². The third-order valence-electron chi connectivity index (χ3n) is 1.62. The van der Waals surface area contributed by atoms with Gasteiger partial charge in [-0.05, 0) is 18.4 Å². The van der Waals surface area contributed by atoms with E-state index < -0.39 is 0 Å². The minimum atomic E-state index is 0.749. The summed E-state index contributed by atoms with van der Waals surface area (Å²) in [6.45, 7) is 5.25. The van der Waals surface area contributed by atoms with Crippen LogP contribution in [0.3, 0.4) is 0 Å². The Labute approximate surface area is 97.3 Å². The van der Waals surface area contributed by atoms with Crippen LogP contribution in [0.2, 0.25) is 0 Å². The average Bonchev–Trinajstić information content (AvgIpc) is 2.53. The Kier molecular flexibility index (Phi) is 5.37. The van der Waals surface area contributed by atoms with Crippen molar-refractivity contribution in [1.82, 2.24) is 5.32 Å². The van der Waals surface area contributed by atoms with Gasteiger partial charge in [-0.15, -0.1) is 0 Å². The smallest absolute Gasteiger partial charge is 0.118 e. The Morgan fingerprint density at radius 3 is 2.93 bits per heavy atom. The first-order valence-corrected chi connectivity index (χ1v) is 6.51. The van der Waals surface area contributed by atoms with Crippen LogP contribution in [0.4, 0.5) is 0 Å². The van der Waals surface area contributed by atoms with Gasteiger partial charge in [-0.1, -0.05) is 22.5 Å². The molecule has 1 heterocycles. The standard InChI is InChI=1S/C10H14BrNOS/c1-8(11)5-12-6-9-3-4-10(13-9)7-14-2/h3-4,12H,1,5-7H2,2H3. The van der Waals surface area contributed by atoms with Gasteiger partial charge in [0.25, 0.3) is 0 Å². The van der Waals surface area contributed by atoms with Crippen molar-refractivity contribution in [3.05, 3.63) is 34.7 Å². The lowest BCUT2D eigenvalue weighted by molar-refractivity contribution is 0.465. The molecule has 78 valence electrons. The summed E-state index contributed by atoms with van der Waals surface area (Å²) in [5, 5.41) is 3.21. The molecular formula is C10H14BrNOS. The van der Waals surface area contributed by atoms with Crippen LogP contribution in [0, 0.1) is 0 Å². The maximum Gasteiger partial charge on any atom is 0.118 e. The highest BCUT2D eigenvalue weighted by Crippen LogP contribution is 2.13. The Balaban J connectivity index is 2.32. The van der Waals surface area contributed by atoms with Crippen LogP contribution in [0.5, 0.6) is 0 Å². The highest BCUT2D eigenvalue weighted by molar-refractivity contribution is 9.11. The van der Waals surface area contributed by atoms with Crippen LogP contribution >= 0.6 is 27.7 Å². The summed E-state index contributed by atoms with van der Waals surface area (Å²) < 4.78 is 6.53. The summed E-state index contributed by atoms with van der Waals surface area (Å²) >= 11 is 5.05. The zero-order chi connectivity index (χ0) is 10.4. The highest BCUT2D eigenvalue weighted by Gasteiger charge is 2.00. The van der Waals surface area contributed by atoms with Crippen molar-refractivity contribution < 1.29 is 4.42 Å². The lowest BCUT2D eigenvalue weighted by atomic mass is 10.4. The van der Waals surface area contributed by atoms with Gasteiger partial charge >= 0.3 is 0 Å². The number of thioether (sulfide) groups is 1. The normalized spacial score (nSPS) is 10.4. The fraction of sp³-hybridized carbons (Fsp3) is 0.400. The van der Waals surface area contributed by atoms with E-state index >= 15 is 0 Å². The number of hydrogen-bond acceptors (Lipinski definition) is 3. The minimum Gasteiger partial charge on any atom is -0.464 e. The van der Waals surface area contributed by atoms with Crippen LogP contribution < -0.4 is 5.32 Å². The third-order valence-corrected chi connectivity index (χ3v) is 2.47. The molecule has 1 rings (SSSR count). The molecule has 0 aliphatic rings. The molecule has 0 radical (unpaired) electrons. The summed E-state index contributed by atoms with van der Waals surface area (Å²) in [5.74, 6) is 2.94. The van der Waals surface area contributed by atoms with Gasteiger partial charge in [0.1, 0.15) is 11.5 Å². The second-order valence-corrected chi connectivity index (χ2v) is 4.91. The van der Waals surface area contributed by atoms with Gasteiger partial charge in [-0.2, -0.15) is 11.8 Å². The third kappa shape index (κ3) is 4.35. The Bertz CT molecular complexity index is 298. The summed E-state index contributed by atoms with van der Waals surface area (Å²) in [6, 6.07) is 4.03. The Morgan fingerprint density at radius 2 is 2.29 bits per heavy atom. The highest BCUT2D eigenvalue weighted by atomic mass is 79.9. The van der Waals surface area contributed by atoms with Gasteiger partial charge in [0.15, 0.2) is 0 Å². The molecule has 1 aromatic heterocycles. The van der Waals surface area contributed by atoms with Crippen LogP contribution in [0.15, 0.2) is 27.6 Å². The number of halogens is 1. The van der Waals surface area contributed by atoms with Crippen molar-refractivity contribution in [2.75, 3.05) is 12.8 Å². The second kappa shape index (κ2) is 6.32. The molecule has 0 aliphatic heterocycles. The molecule has 0 spiro atoms. The van der Waals surface area contributed by atoms with E-state index in [-0.39, 0.29) is 0 Å². The van der Waals surface area contributed by atoms with Crippen molar-refractivity contribution in [3.63, 3.8) is 0 Å². The van der Waals surface area contributed by atoms with E-state index in [9.17, 15) is 0 Å². The van der Waals surface area contributed by atoms with Crippen molar-refractivity contribution in [3.8, 4) is 0 Å². The van der Waals surface area contributed by atoms with E-state index in [0.29, 0.717) is 0 Å². The average molecular weight is 276 g/mol. The van der Waals surface area contributed by atoms with E-state index in [1.165, 1.54) is 0 Å². The largest absolute Gasteiger partial charge is 0.464 e. The molecule has 14 heavy (non-hydrogen) atoms. The summed E-state index contributed by atoms with van der Waals surface area (Å²) in [6.07, 6.45) is 2.06. The number of furan rings is 1. The molecule has 1 aromatic rings. The first-order chi connectivity index (χ1) is 6.72. The molecule has 0 amide bonds. The monoisotopic (exact) mass is 275 g/mol. The van der Waals surface area contributed by atoms with Crippen molar-refractivity contribution >= 4 is 27.7 Å². The molecule has 1 N–H and O–H groups in total. The fourth-order valence-corrected chi connectivity index (χ4v) is 1.70. The lowest BCUT2D eigenvalue weighted by Gasteiger charge is -1.99. The molecular weight excluding hydrogens is 262 g/mol. The first-order valence-electron chi connectivity index (χ1n) is 4.33. The fourth-order valence-electron chi connectivity index (χ4n) is 1.06. The number of nitrogens with one attached hydrogen (secondary N) is 1. The molecule has 4 heteroatoms. The second-order valence-electron chi connectivity index (χ2n) is 2.92. The molecule has 2 nitrogen and oxygen atoms in total. The predicted octanol–water partition coefficient (Wildman–Crippen LogP) is 3.14. The molecule has 0 unspecified atom stereocenters. The Morgan fingerprint density at radius 1 is 1.57 bits per heavy atom. The predicted molar refractivity (Wildman–Crippen MR) is 65.7 cm³/mol. The van der Waals surface area contributed by atoms with Gasteiger partial charge in [0, 0.05) is 11.0 Å². The van der Waals surface area contributed by atoms with Gasteiger partial charge < -0.3 is 9.73 Å². The van der Waals surface area contributed by atoms with Crippen LogP contribution in [0.25, 0.3) is 0 Å². The summed E-state index contributed by atoms with van der Waals surface area (Å²) in [5.41, 5.74) is 0. The SMILES string of the molecule is C=C(Br)CNCc1ccc(CSC)o1. The van der Waals surface area contributed by atoms with Crippen molar-refractivity contribution in [1.29, 1.82) is 0 Å². The summed E-state index contributed by atoms with van der Waals surface area (Å²) in [7, 11) is 0. The Hall–Kier alpha value is -0.190. The maximum atomic E-state index is 5.58. The number of rotatable bonds is 6. The van der Waals surface area contributed by atoms with E-state index in [4.69, 9.17) is 4.42 Å². The van der Waals surface area contributed by atoms with Crippen LogP contribution in [-0.2, 0) is 12.3 Å². The van der Waals surface area contributed by atoms with E-state index in [2.05, 4.69) is 34.1 Å². The summed E-state index contributed by atoms with van der Waals surface area (Å²) in [4.78, 5) is 0. The van der Waals surface area contributed by atoms with E-state index in [1.807, 2.05) is 12.1 Å². The van der Waals surface area contributed by atoms with Gasteiger partial charge in [0.05, 0.1) is 12.3 Å². The van der Waals surface area contributed by atoms with E-state index in [1.54, 1.807) is 11.8 Å². The molecule has 0 aromatic carbocycles. The topological polar surface area (TPSA) is 25.2 Å². The lowest BCUT2D eigenvalue weighted by Crippen LogP contribution is -2.13. The molecule has 0 aliphatic carbocycles.